The number of likely N-dealkylation sites (tertiary alicyclic amines) is 1. The number of aliphatic hydroxyl groups is 1. The molecule has 2 heterocycles. The second kappa shape index (κ2) is 10.8. The van der Waals surface area contributed by atoms with Gasteiger partial charge < -0.3 is 10.4 Å². The SMILES string of the molecule is CC1(C)C=Cc2cc(N(C(=O)[C@H]3C[C@@H](O)CN3C#N)C(C(=O)NC3CCCCC3)c3cccnc3)cc(F)c21. The predicted molar refractivity (Wildman–Crippen MR) is 145 cm³/mol. The van der Waals surface area contributed by atoms with Gasteiger partial charge in [0, 0.05) is 47.1 Å². The van der Waals surface area contributed by atoms with Crippen LogP contribution in [0.2, 0.25) is 0 Å². The number of aliphatic hydroxyl groups excluding tert-OH is 1. The predicted octanol–water partition coefficient (Wildman–Crippen LogP) is 3.96. The smallest absolute Gasteiger partial charge is 0.251 e. The minimum Gasteiger partial charge on any atom is -0.391 e. The lowest BCUT2D eigenvalue weighted by Crippen LogP contribution is -2.51. The van der Waals surface area contributed by atoms with E-state index < -0.39 is 35.3 Å². The van der Waals surface area contributed by atoms with Crippen molar-refractivity contribution in [2.75, 3.05) is 11.4 Å². The van der Waals surface area contributed by atoms with E-state index in [0.29, 0.717) is 16.7 Å². The number of nitrogens with zero attached hydrogens (tertiary/aromatic N) is 4. The molecule has 2 fully saturated rings. The Balaban J connectivity index is 1.63. The van der Waals surface area contributed by atoms with Crippen LogP contribution in [0.25, 0.3) is 6.08 Å². The Morgan fingerprint density at radius 2 is 2.05 bits per heavy atom. The number of rotatable bonds is 6. The van der Waals surface area contributed by atoms with Crippen molar-refractivity contribution in [2.24, 2.45) is 0 Å². The Hall–Kier alpha value is -3.77. The summed E-state index contributed by atoms with van der Waals surface area (Å²) in [5.41, 5.74) is 1.33. The zero-order valence-corrected chi connectivity index (χ0v) is 22.3. The van der Waals surface area contributed by atoms with Crippen LogP contribution >= 0.6 is 0 Å². The molecule has 1 saturated heterocycles. The molecule has 2 aliphatic carbocycles. The van der Waals surface area contributed by atoms with Crippen molar-refractivity contribution in [1.82, 2.24) is 15.2 Å². The van der Waals surface area contributed by atoms with Crippen molar-refractivity contribution < 1.29 is 19.1 Å². The van der Waals surface area contributed by atoms with Crippen LogP contribution in [0.15, 0.2) is 42.7 Å². The molecule has 204 valence electrons. The maximum atomic E-state index is 15.7. The number of hydrogen-bond donors (Lipinski definition) is 2. The Morgan fingerprint density at radius 3 is 2.74 bits per heavy atom. The van der Waals surface area contributed by atoms with Crippen molar-refractivity contribution in [3.05, 3.63) is 65.2 Å². The van der Waals surface area contributed by atoms with Gasteiger partial charge in [0.15, 0.2) is 6.19 Å². The molecule has 5 rings (SSSR count). The molecular formula is C30H34FN5O3. The molecule has 2 amide bonds. The van der Waals surface area contributed by atoms with Crippen molar-refractivity contribution in [3.63, 3.8) is 0 Å². The van der Waals surface area contributed by atoms with E-state index >= 15 is 4.39 Å². The van der Waals surface area contributed by atoms with E-state index in [2.05, 4.69) is 10.3 Å². The van der Waals surface area contributed by atoms with E-state index in [0.717, 1.165) is 32.1 Å². The molecule has 0 radical (unpaired) electrons. The molecule has 0 spiro atoms. The number of nitrogens with one attached hydrogen (secondary N) is 1. The van der Waals surface area contributed by atoms with Crippen molar-refractivity contribution in [2.45, 2.75) is 82.0 Å². The second-order valence-corrected chi connectivity index (χ2v) is 11.3. The second-order valence-electron chi connectivity index (χ2n) is 11.3. The van der Waals surface area contributed by atoms with Gasteiger partial charge in [-0.2, -0.15) is 5.26 Å². The van der Waals surface area contributed by atoms with Gasteiger partial charge in [0.2, 0.25) is 5.91 Å². The normalized spacial score (nSPS) is 22.7. The number of fused-ring (bicyclic) bond motifs is 1. The third kappa shape index (κ3) is 5.26. The molecule has 9 heteroatoms. The number of anilines is 1. The zero-order chi connectivity index (χ0) is 27.7. The highest BCUT2D eigenvalue weighted by molar-refractivity contribution is 6.04. The summed E-state index contributed by atoms with van der Waals surface area (Å²) in [6.07, 6.45) is 12.9. The van der Waals surface area contributed by atoms with Gasteiger partial charge in [0.05, 0.1) is 12.6 Å². The lowest BCUT2D eigenvalue weighted by atomic mass is 9.86. The summed E-state index contributed by atoms with van der Waals surface area (Å²) in [6.45, 7) is 3.85. The molecule has 2 aromatic rings. The number of benzene rings is 1. The summed E-state index contributed by atoms with van der Waals surface area (Å²) < 4.78 is 15.7. The van der Waals surface area contributed by atoms with Crippen LogP contribution in [0, 0.1) is 17.3 Å². The van der Waals surface area contributed by atoms with Gasteiger partial charge in [-0.15, -0.1) is 0 Å². The average Bonchev–Trinajstić information content (AvgIpc) is 3.46. The number of amides is 2. The van der Waals surface area contributed by atoms with E-state index in [-0.39, 0.29) is 30.6 Å². The van der Waals surface area contributed by atoms with Gasteiger partial charge in [-0.1, -0.05) is 51.3 Å². The highest BCUT2D eigenvalue weighted by Gasteiger charge is 2.43. The topological polar surface area (TPSA) is 110 Å². The first-order chi connectivity index (χ1) is 18.7. The number of allylic oxidation sites excluding steroid dienone is 1. The number of halogens is 1. The van der Waals surface area contributed by atoms with Crippen LogP contribution in [0.1, 0.15) is 75.1 Å². The van der Waals surface area contributed by atoms with Gasteiger partial charge in [-0.25, -0.2) is 4.39 Å². The maximum absolute atomic E-state index is 15.7. The van der Waals surface area contributed by atoms with Crippen LogP contribution in [0.3, 0.4) is 0 Å². The Morgan fingerprint density at radius 1 is 1.28 bits per heavy atom. The van der Waals surface area contributed by atoms with Crippen molar-refractivity contribution in [3.8, 4) is 6.19 Å². The Bertz CT molecular complexity index is 1320. The molecular weight excluding hydrogens is 497 g/mol. The summed E-state index contributed by atoms with van der Waals surface area (Å²) in [7, 11) is 0. The van der Waals surface area contributed by atoms with Gasteiger partial charge in [0.25, 0.3) is 5.91 Å². The molecule has 39 heavy (non-hydrogen) atoms. The van der Waals surface area contributed by atoms with Crippen LogP contribution in [-0.2, 0) is 15.0 Å². The van der Waals surface area contributed by atoms with Gasteiger partial charge >= 0.3 is 0 Å². The summed E-state index contributed by atoms with van der Waals surface area (Å²) in [5, 5.41) is 23.1. The fraction of sp³-hybridized carbons (Fsp3) is 0.467. The molecule has 3 atom stereocenters. The summed E-state index contributed by atoms with van der Waals surface area (Å²) in [5.74, 6) is -1.42. The van der Waals surface area contributed by atoms with Gasteiger partial charge in [0.1, 0.15) is 17.9 Å². The summed E-state index contributed by atoms with van der Waals surface area (Å²) in [6, 6.07) is 4.26. The van der Waals surface area contributed by atoms with Gasteiger partial charge in [-0.3, -0.25) is 24.4 Å². The number of carbonyl (C=O) groups excluding carboxylic acids is 2. The number of carbonyl (C=O) groups is 2. The first-order valence-corrected chi connectivity index (χ1v) is 13.6. The van der Waals surface area contributed by atoms with E-state index in [4.69, 9.17) is 0 Å². The minimum absolute atomic E-state index is 0.0159. The highest BCUT2D eigenvalue weighted by Crippen LogP contribution is 2.41. The monoisotopic (exact) mass is 531 g/mol. The summed E-state index contributed by atoms with van der Waals surface area (Å²) in [4.78, 5) is 35.0. The minimum atomic E-state index is -1.15. The molecule has 1 aromatic carbocycles. The molecule has 1 aliphatic heterocycles. The van der Waals surface area contributed by atoms with Crippen LogP contribution < -0.4 is 10.2 Å². The fourth-order valence-corrected chi connectivity index (χ4v) is 6.15. The van der Waals surface area contributed by atoms with E-state index in [1.807, 2.05) is 32.2 Å². The first kappa shape index (κ1) is 26.8. The molecule has 1 saturated carbocycles. The van der Waals surface area contributed by atoms with Crippen LogP contribution in [0.5, 0.6) is 0 Å². The maximum Gasteiger partial charge on any atom is 0.251 e. The van der Waals surface area contributed by atoms with Crippen molar-refractivity contribution >= 4 is 23.6 Å². The third-order valence-electron chi connectivity index (χ3n) is 8.10. The number of aromatic nitrogens is 1. The van der Waals surface area contributed by atoms with Gasteiger partial charge in [-0.05, 0) is 36.6 Å². The standard InChI is InChI=1S/C30H34FN5O3/c1-30(2)11-10-19-13-22(14-24(31)26(19)30)36(29(39)25-15-23(37)17-35(25)18-32)27(20-7-6-12-33-16-20)28(38)34-21-8-4-3-5-9-21/h6-7,10-14,16,21,23,25,27,37H,3-5,8-9,15,17H2,1-2H3,(H,34,38)/t23-,25-,27?/m1/s1. The van der Waals surface area contributed by atoms with Crippen LogP contribution in [0.4, 0.5) is 10.1 Å². The number of pyridine rings is 1. The highest BCUT2D eigenvalue weighted by atomic mass is 19.1. The number of β-amino-alcohol motifs (C(OH)–C–C–N with tert-alkyl or cyclic N) is 1. The largest absolute Gasteiger partial charge is 0.391 e. The number of hydrogen-bond acceptors (Lipinski definition) is 6. The molecule has 3 aliphatic rings. The van der Waals surface area contributed by atoms with Crippen molar-refractivity contribution in [1.29, 1.82) is 5.26 Å². The summed E-state index contributed by atoms with van der Waals surface area (Å²) >= 11 is 0. The Labute approximate surface area is 228 Å². The average molecular weight is 532 g/mol. The molecule has 0 bridgehead atoms. The van der Waals surface area contributed by atoms with E-state index in [1.165, 1.54) is 22.1 Å². The first-order valence-electron chi connectivity index (χ1n) is 13.6. The molecule has 1 unspecified atom stereocenters. The lowest BCUT2D eigenvalue weighted by molar-refractivity contribution is -0.128. The zero-order valence-electron chi connectivity index (χ0n) is 22.3. The van der Waals surface area contributed by atoms with E-state index in [1.54, 1.807) is 24.4 Å². The molecule has 8 nitrogen and oxygen atoms in total. The quantitative estimate of drug-likeness (QED) is 0.546. The fourth-order valence-electron chi connectivity index (χ4n) is 6.15. The molecule has 2 N–H and O–H groups in total. The third-order valence-corrected chi connectivity index (χ3v) is 8.10. The molecule has 1 aromatic heterocycles. The number of nitriles is 1. The van der Waals surface area contributed by atoms with E-state index in [9.17, 15) is 20.0 Å². The lowest BCUT2D eigenvalue weighted by Gasteiger charge is -2.36. The Kier molecular flexibility index (Phi) is 7.41. The van der Waals surface area contributed by atoms with Crippen LogP contribution in [-0.4, -0.2) is 51.5 Å².